The first-order valence-corrected chi connectivity index (χ1v) is 7.59. The zero-order valence-corrected chi connectivity index (χ0v) is 12.3. The van der Waals surface area contributed by atoms with Gasteiger partial charge in [-0.2, -0.15) is 0 Å². The molecule has 0 fully saturated rings. The van der Waals surface area contributed by atoms with Crippen LogP contribution in [0.5, 0.6) is 5.75 Å². The van der Waals surface area contributed by atoms with Crippen molar-refractivity contribution in [3.63, 3.8) is 0 Å². The molecule has 1 aliphatic rings. The van der Waals surface area contributed by atoms with E-state index in [4.69, 9.17) is 0 Å². The number of aliphatic hydroxyl groups excluding tert-OH is 1. The van der Waals surface area contributed by atoms with E-state index in [9.17, 15) is 14.6 Å². The van der Waals surface area contributed by atoms with Crippen LogP contribution in [0.4, 0.5) is 4.39 Å². The summed E-state index contributed by atoms with van der Waals surface area (Å²) in [5.41, 5.74) is 0.401. The molecule has 0 spiro atoms. The minimum absolute atomic E-state index is 0.157. The monoisotopic (exact) mass is 298 g/mol. The Morgan fingerprint density at radius 3 is 2.36 bits per heavy atom. The van der Waals surface area contributed by atoms with E-state index in [1.807, 2.05) is 0 Å². The van der Waals surface area contributed by atoms with Crippen LogP contribution in [-0.4, -0.2) is 10.2 Å². The summed E-state index contributed by atoms with van der Waals surface area (Å²) in [4.78, 5) is 0. The molecule has 2 N–H and O–H groups in total. The van der Waals surface area contributed by atoms with Gasteiger partial charge in [-0.3, -0.25) is 0 Å². The average molecular weight is 298 g/mol. The molecule has 0 heterocycles. The molecule has 1 atom stereocenters. The predicted octanol–water partition coefficient (Wildman–Crippen LogP) is 4.83. The molecule has 114 valence electrons. The molecule has 1 aliphatic carbocycles. The Morgan fingerprint density at radius 1 is 0.909 bits per heavy atom. The van der Waals surface area contributed by atoms with Crippen molar-refractivity contribution in [3.05, 3.63) is 77.3 Å². The minimum Gasteiger partial charge on any atom is -0.511 e. The zero-order chi connectivity index (χ0) is 15.6. The van der Waals surface area contributed by atoms with Crippen molar-refractivity contribution in [1.82, 2.24) is 0 Å². The highest BCUT2D eigenvalue weighted by molar-refractivity contribution is 5.48. The van der Waals surface area contributed by atoms with Crippen molar-refractivity contribution < 1.29 is 14.6 Å². The van der Waals surface area contributed by atoms with Gasteiger partial charge in [0.05, 0.1) is 5.41 Å². The Labute approximate surface area is 129 Å². The number of benzene rings is 2. The summed E-state index contributed by atoms with van der Waals surface area (Å²) in [7, 11) is 0. The molecule has 0 bridgehead atoms. The predicted molar refractivity (Wildman–Crippen MR) is 84.5 cm³/mol. The topological polar surface area (TPSA) is 40.5 Å². The molecule has 2 nitrogen and oxygen atoms in total. The van der Waals surface area contributed by atoms with Gasteiger partial charge in [0.2, 0.25) is 0 Å². The third kappa shape index (κ3) is 2.37. The number of halogens is 1. The van der Waals surface area contributed by atoms with Crippen molar-refractivity contribution in [2.45, 2.75) is 31.1 Å². The maximum absolute atomic E-state index is 14.5. The largest absolute Gasteiger partial charge is 0.511 e. The maximum Gasteiger partial charge on any atom is 0.127 e. The second-order valence-corrected chi connectivity index (χ2v) is 5.77. The average Bonchev–Trinajstić information content (AvgIpc) is 2.71. The zero-order valence-electron chi connectivity index (χ0n) is 12.3. The molecule has 0 radical (unpaired) electrons. The number of aromatic hydroxyl groups is 1. The second kappa shape index (κ2) is 5.84. The fourth-order valence-electron chi connectivity index (χ4n) is 3.35. The van der Waals surface area contributed by atoms with Gasteiger partial charge in [0.25, 0.3) is 0 Å². The number of hydrogen-bond donors (Lipinski definition) is 2. The summed E-state index contributed by atoms with van der Waals surface area (Å²) in [6.45, 7) is 0. The molecule has 2 aromatic rings. The van der Waals surface area contributed by atoms with Crippen LogP contribution in [0, 0.1) is 5.82 Å². The molecular weight excluding hydrogens is 279 g/mol. The highest BCUT2D eigenvalue weighted by Gasteiger charge is 2.40. The number of phenols is 1. The molecular formula is C19H19FO2. The minimum atomic E-state index is -0.879. The van der Waals surface area contributed by atoms with Crippen LogP contribution in [-0.2, 0) is 5.41 Å². The van der Waals surface area contributed by atoms with Gasteiger partial charge in [-0.25, -0.2) is 4.39 Å². The van der Waals surface area contributed by atoms with Gasteiger partial charge in [0, 0.05) is 5.56 Å². The van der Waals surface area contributed by atoms with Gasteiger partial charge < -0.3 is 10.2 Å². The van der Waals surface area contributed by atoms with Crippen LogP contribution in [0.1, 0.15) is 36.8 Å². The van der Waals surface area contributed by atoms with Crippen LogP contribution in [0.25, 0.3) is 0 Å². The summed E-state index contributed by atoms with van der Waals surface area (Å²) in [5, 5.41) is 20.3. The number of aliphatic hydroxyl groups is 1. The van der Waals surface area contributed by atoms with E-state index < -0.39 is 5.41 Å². The molecule has 0 saturated carbocycles. The second-order valence-electron chi connectivity index (χ2n) is 5.77. The van der Waals surface area contributed by atoms with Gasteiger partial charge >= 0.3 is 0 Å². The molecule has 0 aliphatic heterocycles. The lowest BCUT2D eigenvalue weighted by atomic mass is 9.70. The van der Waals surface area contributed by atoms with Crippen molar-refractivity contribution in [3.8, 4) is 5.75 Å². The smallest absolute Gasteiger partial charge is 0.127 e. The van der Waals surface area contributed by atoms with Crippen LogP contribution < -0.4 is 0 Å². The van der Waals surface area contributed by atoms with E-state index in [2.05, 4.69) is 0 Å². The Kier molecular flexibility index (Phi) is 3.88. The Balaban J connectivity index is 2.26. The number of phenolic OH excluding ortho intramolecular Hbond substituents is 1. The van der Waals surface area contributed by atoms with Gasteiger partial charge in [-0.05, 0) is 49.1 Å². The summed E-state index contributed by atoms with van der Waals surface area (Å²) in [6.07, 6.45) is 5.10. The molecule has 1 unspecified atom stereocenters. The number of rotatable bonds is 2. The first kappa shape index (κ1) is 14.6. The van der Waals surface area contributed by atoms with E-state index >= 15 is 0 Å². The summed E-state index contributed by atoms with van der Waals surface area (Å²) in [5.74, 6) is 0.0303. The van der Waals surface area contributed by atoms with E-state index in [1.165, 1.54) is 6.07 Å². The Hall–Kier alpha value is -2.29. The standard InChI is InChI=1S/C19H19FO2/c20-17-7-4-3-6-16(17)19(13-5-1-2-8-18(19)22)14-9-11-15(21)12-10-14/h3-4,6-12,21-22H,1-2,5,13H2. The fraction of sp³-hybridized carbons (Fsp3) is 0.263. The van der Waals surface area contributed by atoms with Gasteiger partial charge in [-0.1, -0.05) is 36.8 Å². The summed E-state index contributed by atoms with van der Waals surface area (Å²) >= 11 is 0. The van der Waals surface area contributed by atoms with Crippen molar-refractivity contribution >= 4 is 0 Å². The van der Waals surface area contributed by atoms with Gasteiger partial charge in [-0.15, -0.1) is 0 Å². The Morgan fingerprint density at radius 2 is 1.64 bits per heavy atom. The first-order valence-electron chi connectivity index (χ1n) is 7.59. The highest BCUT2D eigenvalue weighted by Crippen LogP contribution is 2.45. The molecule has 3 rings (SSSR count). The van der Waals surface area contributed by atoms with E-state index in [0.29, 0.717) is 12.0 Å². The highest BCUT2D eigenvalue weighted by atomic mass is 19.1. The summed E-state index contributed by atoms with van der Waals surface area (Å²) in [6, 6.07) is 13.3. The van der Waals surface area contributed by atoms with E-state index in [0.717, 1.165) is 24.8 Å². The molecule has 0 aromatic heterocycles. The maximum atomic E-state index is 14.5. The lowest BCUT2D eigenvalue weighted by Crippen LogP contribution is -2.31. The van der Waals surface area contributed by atoms with Crippen LogP contribution in [0.2, 0.25) is 0 Å². The third-order valence-corrected chi connectivity index (χ3v) is 4.47. The van der Waals surface area contributed by atoms with E-state index in [-0.39, 0.29) is 17.3 Å². The lowest BCUT2D eigenvalue weighted by Gasteiger charge is -2.34. The van der Waals surface area contributed by atoms with Crippen LogP contribution in [0.3, 0.4) is 0 Å². The SMILES string of the molecule is OC1=CCCCCC1(c1ccc(O)cc1)c1ccccc1F. The molecule has 2 aromatic carbocycles. The van der Waals surface area contributed by atoms with E-state index in [1.54, 1.807) is 48.5 Å². The normalized spacial score (nSPS) is 22.0. The fourth-order valence-corrected chi connectivity index (χ4v) is 3.35. The lowest BCUT2D eigenvalue weighted by molar-refractivity contribution is 0.305. The third-order valence-electron chi connectivity index (χ3n) is 4.47. The van der Waals surface area contributed by atoms with Gasteiger partial charge in [0.1, 0.15) is 17.3 Å². The number of allylic oxidation sites excluding steroid dienone is 2. The van der Waals surface area contributed by atoms with Crippen molar-refractivity contribution in [2.75, 3.05) is 0 Å². The molecule has 3 heteroatoms. The van der Waals surface area contributed by atoms with Crippen molar-refractivity contribution in [2.24, 2.45) is 0 Å². The van der Waals surface area contributed by atoms with Gasteiger partial charge in [0.15, 0.2) is 0 Å². The van der Waals surface area contributed by atoms with Crippen LogP contribution in [0.15, 0.2) is 60.4 Å². The molecule has 22 heavy (non-hydrogen) atoms. The Bertz CT molecular complexity index is 691. The molecule has 0 amide bonds. The number of hydrogen-bond acceptors (Lipinski definition) is 2. The van der Waals surface area contributed by atoms with Crippen LogP contribution >= 0.6 is 0 Å². The summed E-state index contributed by atoms with van der Waals surface area (Å²) < 4.78 is 14.5. The first-order chi connectivity index (χ1) is 10.6. The molecule has 0 saturated heterocycles. The van der Waals surface area contributed by atoms with Crippen molar-refractivity contribution in [1.29, 1.82) is 0 Å². The quantitative estimate of drug-likeness (QED) is 0.833.